The first kappa shape index (κ1) is 18.9. The Kier molecular flexibility index (Phi) is 5.65. The van der Waals surface area contributed by atoms with Gasteiger partial charge in [-0.3, -0.25) is 4.79 Å². The first-order chi connectivity index (χ1) is 12.4. The van der Waals surface area contributed by atoms with Crippen molar-refractivity contribution in [3.8, 4) is 11.5 Å². The average molecular weight is 368 g/mol. The summed E-state index contributed by atoms with van der Waals surface area (Å²) in [6, 6.07) is 4.83. The van der Waals surface area contributed by atoms with Gasteiger partial charge in [0.05, 0.1) is 6.61 Å². The van der Waals surface area contributed by atoms with Gasteiger partial charge in [0.25, 0.3) is 0 Å². The van der Waals surface area contributed by atoms with E-state index in [2.05, 4.69) is 10.1 Å². The van der Waals surface area contributed by atoms with Gasteiger partial charge in [-0.1, -0.05) is 6.07 Å². The summed E-state index contributed by atoms with van der Waals surface area (Å²) in [5.41, 5.74) is 1.02. The predicted molar refractivity (Wildman–Crippen MR) is 93.4 cm³/mol. The van der Waals surface area contributed by atoms with Crippen LogP contribution in [0.2, 0.25) is 0 Å². The Balaban J connectivity index is 1.64. The summed E-state index contributed by atoms with van der Waals surface area (Å²) in [6.45, 7) is 1.60. The van der Waals surface area contributed by atoms with Gasteiger partial charge in [0.2, 0.25) is 5.91 Å². The second-order valence-electron chi connectivity index (χ2n) is 7.16. The smallest absolute Gasteiger partial charge is 0.387 e. The van der Waals surface area contributed by atoms with Crippen molar-refractivity contribution < 1.29 is 23.0 Å². The number of nitrogens with zero attached hydrogens (tertiary/aromatic N) is 1. The molecule has 2 aliphatic rings. The third-order valence-electron chi connectivity index (χ3n) is 5.41. The van der Waals surface area contributed by atoms with Gasteiger partial charge < -0.3 is 19.7 Å². The Morgan fingerprint density at radius 1 is 1.35 bits per heavy atom. The maximum absolute atomic E-state index is 12.8. The molecule has 26 heavy (non-hydrogen) atoms. The van der Waals surface area contributed by atoms with Crippen LogP contribution in [-0.4, -0.2) is 44.2 Å². The first-order valence-corrected chi connectivity index (χ1v) is 9.11. The lowest BCUT2D eigenvalue weighted by atomic mass is 9.91. The Morgan fingerprint density at radius 3 is 2.73 bits per heavy atom. The molecule has 1 unspecified atom stereocenters. The van der Waals surface area contributed by atoms with E-state index in [1.165, 1.54) is 6.07 Å². The van der Waals surface area contributed by atoms with Crippen LogP contribution in [0.1, 0.15) is 31.7 Å². The predicted octanol–water partition coefficient (Wildman–Crippen LogP) is 3.03. The molecule has 1 saturated heterocycles. The molecule has 3 rings (SSSR count). The van der Waals surface area contributed by atoms with Crippen molar-refractivity contribution >= 4 is 5.91 Å². The van der Waals surface area contributed by atoms with Crippen LogP contribution in [-0.2, 0) is 11.3 Å². The molecular formula is C19H26F2N2O3. The summed E-state index contributed by atoms with van der Waals surface area (Å²) in [7, 11) is 1.79. The van der Waals surface area contributed by atoms with Crippen LogP contribution < -0.4 is 14.8 Å². The van der Waals surface area contributed by atoms with Crippen LogP contribution in [0, 0.1) is 11.3 Å². The highest BCUT2D eigenvalue weighted by atomic mass is 19.3. The average Bonchev–Trinajstić information content (AvgIpc) is 3.29. The van der Waals surface area contributed by atoms with Crippen molar-refractivity contribution in [3.63, 3.8) is 0 Å². The number of hydrogen-bond donors (Lipinski definition) is 1. The Labute approximate surface area is 152 Å². The SMILES string of the molecule is CCOc1cc(CN(C)C(=O)C2CC23CCNCC3)ccc1OC(F)F. The second-order valence-corrected chi connectivity index (χ2v) is 7.16. The molecule has 1 amide bonds. The molecule has 1 aliphatic heterocycles. The number of alkyl halides is 2. The van der Waals surface area contributed by atoms with Gasteiger partial charge >= 0.3 is 6.61 Å². The van der Waals surface area contributed by atoms with Crippen molar-refractivity contribution in [1.29, 1.82) is 0 Å². The van der Waals surface area contributed by atoms with Crippen LogP contribution >= 0.6 is 0 Å². The number of piperidine rings is 1. The fourth-order valence-electron chi connectivity index (χ4n) is 3.90. The molecule has 1 saturated carbocycles. The van der Waals surface area contributed by atoms with E-state index in [1.807, 2.05) is 0 Å². The highest BCUT2D eigenvalue weighted by Crippen LogP contribution is 2.59. The minimum absolute atomic E-state index is 0.00966. The van der Waals surface area contributed by atoms with E-state index in [1.54, 1.807) is 31.0 Å². The zero-order valence-corrected chi connectivity index (χ0v) is 15.3. The molecule has 1 spiro atoms. The number of hydrogen-bond acceptors (Lipinski definition) is 4. The monoisotopic (exact) mass is 368 g/mol. The van der Waals surface area contributed by atoms with Crippen LogP contribution in [0.15, 0.2) is 18.2 Å². The lowest BCUT2D eigenvalue weighted by Crippen LogP contribution is -2.34. The maximum Gasteiger partial charge on any atom is 0.387 e. The quantitative estimate of drug-likeness (QED) is 0.804. The van der Waals surface area contributed by atoms with Gasteiger partial charge in [-0.25, -0.2) is 0 Å². The van der Waals surface area contributed by atoms with Gasteiger partial charge in [-0.15, -0.1) is 0 Å². The number of ether oxygens (including phenoxy) is 2. The Morgan fingerprint density at radius 2 is 2.08 bits per heavy atom. The summed E-state index contributed by atoms with van der Waals surface area (Å²) in [5, 5.41) is 3.34. The Hall–Kier alpha value is -1.89. The third-order valence-corrected chi connectivity index (χ3v) is 5.41. The molecule has 1 N–H and O–H groups in total. The maximum atomic E-state index is 12.8. The molecule has 1 aliphatic carbocycles. The molecule has 144 valence electrons. The third kappa shape index (κ3) is 4.09. The summed E-state index contributed by atoms with van der Waals surface area (Å²) in [6.07, 6.45) is 3.10. The molecular weight excluding hydrogens is 342 g/mol. The highest BCUT2D eigenvalue weighted by molar-refractivity contribution is 5.82. The number of carbonyl (C=O) groups is 1. The van der Waals surface area contributed by atoms with E-state index in [9.17, 15) is 13.6 Å². The van der Waals surface area contributed by atoms with E-state index >= 15 is 0 Å². The van der Waals surface area contributed by atoms with Gasteiger partial charge in [0.15, 0.2) is 11.5 Å². The summed E-state index contributed by atoms with van der Waals surface area (Å²) in [4.78, 5) is 14.5. The van der Waals surface area contributed by atoms with E-state index in [0.29, 0.717) is 13.2 Å². The molecule has 2 fully saturated rings. The topological polar surface area (TPSA) is 50.8 Å². The molecule has 0 bridgehead atoms. The van der Waals surface area contributed by atoms with Gasteiger partial charge in [-0.05, 0) is 62.4 Å². The number of amides is 1. The summed E-state index contributed by atoms with van der Waals surface area (Å²) >= 11 is 0. The van der Waals surface area contributed by atoms with E-state index in [-0.39, 0.29) is 28.7 Å². The lowest BCUT2D eigenvalue weighted by molar-refractivity contribution is -0.132. The number of carbonyl (C=O) groups excluding carboxylic acids is 1. The minimum Gasteiger partial charge on any atom is -0.490 e. The van der Waals surface area contributed by atoms with Crippen LogP contribution in [0.5, 0.6) is 11.5 Å². The van der Waals surface area contributed by atoms with Crippen molar-refractivity contribution in [2.24, 2.45) is 11.3 Å². The largest absolute Gasteiger partial charge is 0.490 e. The van der Waals surface area contributed by atoms with Gasteiger partial charge in [0.1, 0.15) is 0 Å². The number of halogens is 2. The van der Waals surface area contributed by atoms with E-state index < -0.39 is 6.61 Å². The zero-order chi connectivity index (χ0) is 18.7. The highest BCUT2D eigenvalue weighted by Gasteiger charge is 2.58. The molecule has 1 aromatic carbocycles. The fraction of sp³-hybridized carbons (Fsp3) is 0.632. The van der Waals surface area contributed by atoms with Crippen molar-refractivity contribution in [3.05, 3.63) is 23.8 Å². The molecule has 1 aromatic rings. The van der Waals surface area contributed by atoms with Crippen molar-refractivity contribution in [1.82, 2.24) is 10.2 Å². The number of rotatable bonds is 7. The molecule has 5 nitrogen and oxygen atoms in total. The first-order valence-electron chi connectivity index (χ1n) is 9.11. The minimum atomic E-state index is -2.90. The summed E-state index contributed by atoms with van der Waals surface area (Å²) < 4.78 is 34.9. The molecule has 1 heterocycles. The normalized spacial score (nSPS) is 20.9. The molecule has 1 atom stereocenters. The zero-order valence-electron chi connectivity index (χ0n) is 15.3. The van der Waals surface area contributed by atoms with Crippen LogP contribution in [0.4, 0.5) is 8.78 Å². The standard InChI is InChI=1S/C19H26F2N2O3/c1-3-25-16-10-13(4-5-15(16)26-18(20)21)12-23(2)17(24)14-11-19(14)6-8-22-9-7-19/h4-5,10,14,18,22H,3,6-9,11-12H2,1-2H3. The molecule has 7 heteroatoms. The van der Waals surface area contributed by atoms with Gasteiger partial charge in [-0.2, -0.15) is 8.78 Å². The second kappa shape index (κ2) is 7.78. The number of benzene rings is 1. The van der Waals surface area contributed by atoms with Gasteiger partial charge in [0, 0.05) is 19.5 Å². The Bertz CT molecular complexity index is 648. The van der Waals surface area contributed by atoms with Crippen LogP contribution in [0.3, 0.4) is 0 Å². The van der Waals surface area contributed by atoms with Crippen molar-refractivity contribution in [2.45, 2.75) is 39.3 Å². The van der Waals surface area contributed by atoms with E-state index in [0.717, 1.165) is 37.9 Å². The van der Waals surface area contributed by atoms with Crippen LogP contribution in [0.25, 0.3) is 0 Å². The van der Waals surface area contributed by atoms with E-state index in [4.69, 9.17) is 4.74 Å². The fourth-order valence-corrected chi connectivity index (χ4v) is 3.90. The number of nitrogens with one attached hydrogen (secondary N) is 1. The van der Waals surface area contributed by atoms with Crippen molar-refractivity contribution in [2.75, 3.05) is 26.7 Å². The lowest BCUT2D eigenvalue weighted by Gasteiger charge is -2.25. The molecule has 0 radical (unpaired) electrons. The summed E-state index contributed by atoms with van der Waals surface area (Å²) in [5.74, 6) is 0.558. The molecule has 0 aromatic heterocycles.